The van der Waals surface area contributed by atoms with Crippen molar-refractivity contribution in [3.05, 3.63) is 23.8 Å². The summed E-state index contributed by atoms with van der Waals surface area (Å²) in [5.41, 5.74) is 0.196. The van der Waals surface area contributed by atoms with Gasteiger partial charge in [-0.3, -0.25) is 4.79 Å². The Morgan fingerprint density at radius 1 is 1.42 bits per heavy atom. The Balaban J connectivity index is 2.81. The number of alkyl halides is 3. The van der Waals surface area contributed by atoms with Gasteiger partial charge in [0.2, 0.25) is 0 Å². The fraction of sp³-hybridized carbons (Fsp3) is 0.417. The molecule has 0 unspecified atom stereocenters. The van der Waals surface area contributed by atoms with Gasteiger partial charge >= 0.3 is 6.18 Å². The van der Waals surface area contributed by atoms with E-state index in [1.807, 2.05) is 0 Å². The summed E-state index contributed by atoms with van der Waals surface area (Å²) in [4.78, 5) is 11.3. The standard InChI is InChI=1S/C12H13F3O4/c1-7(16)9-5-8(3-4-10(9)18-2)19-6-11(17)12(13,14)15/h3-5,11,17H,6H2,1-2H3/t11-/m1/s1. The zero-order valence-corrected chi connectivity index (χ0v) is 10.3. The summed E-state index contributed by atoms with van der Waals surface area (Å²) in [6, 6.07) is 4.03. The van der Waals surface area contributed by atoms with Gasteiger partial charge in [0.1, 0.15) is 18.1 Å². The van der Waals surface area contributed by atoms with E-state index in [0.29, 0.717) is 5.75 Å². The van der Waals surface area contributed by atoms with Crippen LogP contribution >= 0.6 is 0 Å². The summed E-state index contributed by atoms with van der Waals surface area (Å²) in [5, 5.41) is 8.78. The molecule has 0 aliphatic carbocycles. The van der Waals surface area contributed by atoms with Crippen LogP contribution in [0.25, 0.3) is 0 Å². The molecule has 0 saturated carbocycles. The number of aliphatic hydroxyl groups excluding tert-OH is 1. The molecule has 0 spiro atoms. The number of rotatable bonds is 5. The first-order valence-electron chi connectivity index (χ1n) is 5.32. The molecule has 1 rings (SSSR count). The van der Waals surface area contributed by atoms with E-state index in [1.54, 1.807) is 0 Å². The molecule has 1 atom stereocenters. The first kappa shape index (κ1) is 15.3. The number of carbonyl (C=O) groups excluding carboxylic acids is 1. The molecule has 0 radical (unpaired) electrons. The number of ketones is 1. The lowest BCUT2D eigenvalue weighted by molar-refractivity contribution is -0.210. The van der Waals surface area contributed by atoms with Crippen molar-refractivity contribution in [3.63, 3.8) is 0 Å². The van der Waals surface area contributed by atoms with Gasteiger partial charge in [-0.15, -0.1) is 0 Å². The van der Waals surface area contributed by atoms with E-state index in [9.17, 15) is 18.0 Å². The van der Waals surface area contributed by atoms with Crippen LogP contribution in [-0.4, -0.2) is 36.9 Å². The molecule has 0 amide bonds. The summed E-state index contributed by atoms with van der Waals surface area (Å²) >= 11 is 0. The van der Waals surface area contributed by atoms with Gasteiger partial charge in [-0.1, -0.05) is 0 Å². The molecular formula is C12H13F3O4. The average Bonchev–Trinajstić information content (AvgIpc) is 2.34. The van der Waals surface area contributed by atoms with E-state index in [1.165, 1.54) is 32.2 Å². The quantitative estimate of drug-likeness (QED) is 0.839. The topological polar surface area (TPSA) is 55.8 Å². The van der Waals surface area contributed by atoms with Gasteiger partial charge in [0.05, 0.1) is 12.7 Å². The highest BCUT2D eigenvalue weighted by Gasteiger charge is 2.38. The highest BCUT2D eigenvalue weighted by Crippen LogP contribution is 2.26. The molecule has 0 saturated heterocycles. The molecule has 4 nitrogen and oxygen atoms in total. The zero-order valence-electron chi connectivity index (χ0n) is 10.3. The highest BCUT2D eigenvalue weighted by molar-refractivity contribution is 5.97. The Kier molecular flexibility index (Phi) is 4.77. The summed E-state index contributed by atoms with van der Waals surface area (Å²) in [6.07, 6.45) is -7.31. The smallest absolute Gasteiger partial charge is 0.417 e. The summed E-state index contributed by atoms with van der Waals surface area (Å²) < 4.78 is 46.0. The van der Waals surface area contributed by atoms with E-state index in [2.05, 4.69) is 0 Å². The first-order valence-corrected chi connectivity index (χ1v) is 5.32. The zero-order chi connectivity index (χ0) is 14.6. The van der Waals surface area contributed by atoms with Crippen molar-refractivity contribution >= 4 is 5.78 Å². The second-order valence-electron chi connectivity index (χ2n) is 3.79. The molecule has 0 aliphatic heterocycles. The third kappa shape index (κ3) is 4.13. The van der Waals surface area contributed by atoms with Gasteiger partial charge in [-0.25, -0.2) is 0 Å². The summed E-state index contributed by atoms with van der Waals surface area (Å²) in [6.45, 7) is 0.360. The van der Waals surface area contributed by atoms with Gasteiger partial charge in [-0.2, -0.15) is 13.2 Å². The van der Waals surface area contributed by atoms with Crippen molar-refractivity contribution in [2.75, 3.05) is 13.7 Å². The molecule has 0 fully saturated rings. The molecule has 0 heterocycles. The average molecular weight is 278 g/mol. The fourth-order valence-corrected chi connectivity index (χ4v) is 1.32. The normalized spacial score (nSPS) is 12.9. The lowest BCUT2D eigenvalue weighted by atomic mass is 10.1. The minimum absolute atomic E-state index is 0.0503. The second-order valence-corrected chi connectivity index (χ2v) is 3.79. The third-order valence-electron chi connectivity index (χ3n) is 2.34. The number of ether oxygens (including phenoxy) is 2. The molecule has 0 aromatic heterocycles. The number of hydrogen-bond acceptors (Lipinski definition) is 4. The second kappa shape index (κ2) is 5.92. The number of hydrogen-bond donors (Lipinski definition) is 1. The van der Waals surface area contributed by atoms with Crippen LogP contribution in [0.15, 0.2) is 18.2 Å². The van der Waals surface area contributed by atoms with E-state index < -0.39 is 18.9 Å². The Morgan fingerprint density at radius 2 is 2.05 bits per heavy atom. The van der Waals surface area contributed by atoms with Crippen molar-refractivity contribution in [1.82, 2.24) is 0 Å². The molecular weight excluding hydrogens is 265 g/mol. The van der Waals surface area contributed by atoms with E-state index >= 15 is 0 Å². The van der Waals surface area contributed by atoms with Crippen LogP contribution in [0.4, 0.5) is 13.2 Å². The molecule has 1 aromatic rings. The highest BCUT2D eigenvalue weighted by atomic mass is 19.4. The van der Waals surface area contributed by atoms with Crippen LogP contribution in [0.5, 0.6) is 11.5 Å². The van der Waals surface area contributed by atoms with Gasteiger partial charge in [0.25, 0.3) is 0 Å². The van der Waals surface area contributed by atoms with Crippen LogP contribution in [0.3, 0.4) is 0 Å². The lowest BCUT2D eigenvalue weighted by Gasteiger charge is -2.16. The summed E-state index contributed by atoms with van der Waals surface area (Å²) in [5.74, 6) is 0.0455. The third-order valence-corrected chi connectivity index (χ3v) is 2.34. The molecule has 19 heavy (non-hydrogen) atoms. The van der Waals surface area contributed by atoms with Crippen molar-refractivity contribution in [2.45, 2.75) is 19.2 Å². The van der Waals surface area contributed by atoms with Gasteiger partial charge in [0.15, 0.2) is 11.9 Å². The van der Waals surface area contributed by atoms with Crippen molar-refractivity contribution in [1.29, 1.82) is 0 Å². The first-order chi connectivity index (χ1) is 8.75. The number of Topliss-reactive ketones (excluding diaryl/α,β-unsaturated/α-hetero) is 1. The SMILES string of the molecule is COc1ccc(OC[C@@H](O)C(F)(F)F)cc1C(C)=O. The predicted octanol–water partition coefficient (Wildman–Crippen LogP) is 2.20. The van der Waals surface area contributed by atoms with Crippen LogP contribution in [0, 0.1) is 0 Å². The largest absolute Gasteiger partial charge is 0.496 e. The van der Waals surface area contributed by atoms with Crippen LogP contribution in [0.2, 0.25) is 0 Å². The number of benzene rings is 1. The van der Waals surface area contributed by atoms with Crippen LogP contribution in [-0.2, 0) is 0 Å². The predicted molar refractivity (Wildman–Crippen MR) is 60.6 cm³/mol. The fourth-order valence-electron chi connectivity index (χ4n) is 1.32. The monoisotopic (exact) mass is 278 g/mol. The van der Waals surface area contributed by atoms with Gasteiger partial charge in [0, 0.05) is 0 Å². The number of aliphatic hydroxyl groups is 1. The summed E-state index contributed by atoms with van der Waals surface area (Å²) in [7, 11) is 1.37. The maximum absolute atomic E-state index is 12.1. The molecule has 1 aromatic carbocycles. The van der Waals surface area contributed by atoms with Crippen molar-refractivity contribution in [2.24, 2.45) is 0 Å². The maximum atomic E-state index is 12.1. The molecule has 7 heteroatoms. The van der Waals surface area contributed by atoms with E-state index in [0.717, 1.165) is 0 Å². The molecule has 1 N–H and O–H groups in total. The number of methoxy groups -OCH3 is 1. The molecule has 106 valence electrons. The van der Waals surface area contributed by atoms with Crippen LogP contribution < -0.4 is 9.47 Å². The Hall–Kier alpha value is -1.76. The molecule has 0 bridgehead atoms. The number of halogens is 3. The number of carbonyl (C=O) groups is 1. The van der Waals surface area contributed by atoms with Crippen molar-refractivity contribution < 1.29 is 32.5 Å². The van der Waals surface area contributed by atoms with Crippen molar-refractivity contribution in [3.8, 4) is 11.5 Å². The van der Waals surface area contributed by atoms with Gasteiger partial charge in [-0.05, 0) is 25.1 Å². The minimum Gasteiger partial charge on any atom is -0.496 e. The van der Waals surface area contributed by atoms with E-state index in [4.69, 9.17) is 14.6 Å². The Bertz CT molecular complexity index is 457. The van der Waals surface area contributed by atoms with Gasteiger partial charge < -0.3 is 14.6 Å². The molecule has 0 aliphatic rings. The van der Waals surface area contributed by atoms with E-state index in [-0.39, 0.29) is 17.1 Å². The minimum atomic E-state index is -4.74. The Labute approximate surface area is 107 Å². The lowest BCUT2D eigenvalue weighted by Crippen LogP contribution is -2.34. The van der Waals surface area contributed by atoms with Crippen LogP contribution in [0.1, 0.15) is 17.3 Å². The maximum Gasteiger partial charge on any atom is 0.417 e. The Morgan fingerprint density at radius 3 is 2.53 bits per heavy atom.